The summed E-state index contributed by atoms with van der Waals surface area (Å²) in [5.41, 5.74) is 5.70. The summed E-state index contributed by atoms with van der Waals surface area (Å²) < 4.78 is 20.2. The highest BCUT2D eigenvalue weighted by Crippen LogP contribution is 2.49. The number of fused-ring (bicyclic) bond motifs is 1. The molecule has 2 aliphatic rings. The molecule has 0 bridgehead atoms. The number of rotatable bonds is 7. The van der Waals surface area contributed by atoms with Crippen LogP contribution >= 0.6 is 0 Å². The molecule has 6 heteroatoms. The summed E-state index contributed by atoms with van der Waals surface area (Å²) in [6.45, 7) is 3.00. The van der Waals surface area contributed by atoms with Gasteiger partial charge in [0, 0.05) is 29.9 Å². The Bertz CT molecular complexity index is 1510. The van der Waals surface area contributed by atoms with Crippen molar-refractivity contribution in [1.82, 2.24) is 9.78 Å². The Balaban J connectivity index is 1.43. The number of nitrogens with zero attached hydrogens (tertiary/aromatic N) is 2. The molecule has 1 aliphatic carbocycles. The number of hydrogen-bond acceptors (Lipinski definition) is 5. The Labute approximate surface area is 222 Å². The predicted molar refractivity (Wildman–Crippen MR) is 145 cm³/mol. The molecule has 1 aliphatic heterocycles. The standard InChI is InChI=1S/C32H30N2O4/c1-21-29-30(24-16-17-26(36-2)28(18-24)37-20-23-12-7-4-8-13-23)31-25(35)14-9-15-27(31)38-32(29)34(33-21)19-22-10-5-3-6-11-22/h3-8,10-13,16-18,30H,9,14-15,19-20H2,1-2H3/t30-/m1/s1. The van der Waals surface area contributed by atoms with Crippen LogP contribution in [0.3, 0.4) is 0 Å². The summed E-state index contributed by atoms with van der Waals surface area (Å²) >= 11 is 0. The van der Waals surface area contributed by atoms with E-state index in [-0.39, 0.29) is 11.7 Å². The lowest BCUT2D eigenvalue weighted by molar-refractivity contribution is -0.116. The minimum absolute atomic E-state index is 0.139. The van der Waals surface area contributed by atoms with Crippen LogP contribution in [0.15, 0.2) is 90.2 Å². The molecule has 0 N–H and O–H groups in total. The number of ether oxygens (including phenoxy) is 3. The third-order valence-electron chi connectivity index (χ3n) is 7.26. The highest BCUT2D eigenvalue weighted by molar-refractivity contribution is 5.99. The van der Waals surface area contributed by atoms with E-state index in [9.17, 15) is 4.79 Å². The fourth-order valence-corrected chi connectivity index (χ4v) is 5.46. The lowest BCUT2D eigenvalue weighted by Crippen LogP contribution is -2.26. The van der Waals surface area contributed by atoms with Gasteiger partial charge in [-0.1, -0.05) is 66.7 Å². The van der Waals surface area contributed by atoms with Gasteiger partial charge in [0.2, 0.25) is 5.88 Å². The average Bonchev–Trinajstić information content (AvgIpc) is 3.26. The molecule has 1 aromatic heterocycles. The normalized spacial score (nSPS) is 16.5. The van der Waals surface area contributed by atoms with Crippen molar-refractivity contribution in [3.8, 4) is 17.4 Å². The largest absolute Gasteiger partial charge is 0.493 e. The zero-order valence-electron chi connectivity index (χ0n) is 21.6. The van der Waals surface area contributed by atoms with Crippen molar-refractivity contribution in [3.63, 3.8) is 0 Å². The van der Waals surface area contributed by atoms with Crippen molar-refractivity contribution in [2.24, 2.45) is 0 Å². The first-order chi connectivity index (χ1) is 18.6. The third-order valence-corrected chi connectivity index (χ3v) is 7.26. The molecule has 0 unspecified atom stereocenters. The second kappa shape index (κ2) is 10.2. The van der Waals surface area contributed by atoms with Crippen LogP contribution in [-0.4, -0.2) is 22.7 Å². The lowest BCUT2D eigenvalue weighted by atomic mass is 9.77. The number of carbonyl (C=O) groups excluding carboxylic acids is 1. The van der Waals surface area contributed by atoms with Gasteiger partial charge >= 0.3 is 0 Å². The summed E-state index contributed by atoms with van der Waals surface area (Å²) in [6.07, 6.45) is 2.05. The molecule has 3 aromatic carbocycles. The number of carbonyl (C=O) groups is 1. The molecular formula is C32H30N2O4. The molecule has 0 saturated carbocycles. The van der Waals surface area contributed by atoms with E-state index in [0.29, 0.717) is 37.0 Å². The lowest BCUT2D eigenvalue weighted by Gasteiger charge is -2.32. The van der Waals surface area contributed by atoms with Crippen molar-refractivity contribution in [1.29, 1.82) is 0 Å². The molecule has 0 radical (unpaired) electrons. The van der Waals surface area contributed by atoms with Crippen LogP contribution < -0.4 is 14.2 Å². The SMILES string of the molecule is COc1ccc([C@H]2C3=C(CCCC3=O)Oc3c2c(C)nn3Cc2ccccc2)cc1OCc1ccccc1. The average molecular weight is 507 g/mol. The van der Waals surface area contributed by atoms with Gasteiger partial charge in [-0.3, -0.25) is 4.79 Å². The fraction of sp³-hybridized carbons (Fsp3) is 0.250. The fourth-order valence-electron chi connectivity index (χ4n) is 5.46. The van der Waals surface area contributed by atoms with Gasteiger partial charge in [0.1, 0.15) is 12.4 Å². The second-order valence-electron chi connectivity index (χ2n) is 9.78. The Morgan fingerprint density at radius 1 is 0.947 bits per heavy atom. The van der Waals surface area contributed by atoms with E-state index in [1.54, 1.807) is 7.11 Å². The van der Waals surface area contributed by atoms with E-state index in [1.165, 1.54) is 0 Å². The van der Waals surface area contributed by atoms with E-state index in [1.807, 2.05) is 78.3 Å². The molecule has 6 rings (SSSR count). The van der Waals surface area contributed by atoms with E-state index in [0.717, 1.165) is 52.1 Å². The molecular weight excluding hydrogens is 476 g/mol. The van der Waals surface area contributed by atoms with Crippen molar-refractivity contribution >= 4 is 5.78 Å². The predicted octanol–water partition coefficient (Wildman–Crippen LogP) is 6.36. The molecule has 0 fully saturated rings. The molecule has 0 amide bonds. The van der Waals surface area contributed by atoms with Crippen LogP contribution in [0.4, 0.5) is 0 Å². The number of allylic oxidation sites excluding steroid dienone is 2. The summed E-state index contributed by atoms with van der Waals surface area (Å²) in [4.78, 5) is 13.3. The quantitative estimate of drug-likeness (QED) is 0.292. The van der Waals surface area contributed by atoms with Crippen molar-refractivity contribution in [2.45, 2.75) is 45.3 Å². The number of benzene rings is 3. The summed E-state index contributed by atoms with van der Waals surface area (Å²) in [5.74, 6) is 2.62. The van der Waals surface area contributed by atoms with Gasteiger partial charge in [-0.15, -0.1) is 0 Å². The third kappa shape index (κ3) is 4.47. The molecule has 4 aromatic rings. The van der Waals surface area contributed by atoms with Gasteiger partial charge in [0.25, 0.3) is 0 Å². The van der Waals surface area contributed by atoms with Crippen LogP contribution in [0.1, 0.15) is 53.1 Å². The molecule has 192 valence electrons. The maximum absolute atomic E-state index is 13.3. The van der Waals surface area contributed by atoms with E-state index in [2.05, 4.69) is 12.1 Å². The van der Waals surface area contributed by atoms with Gasteiger partial charge in [-0.05, 0) is 42.2 Å². The minimum atomic E-state index is -0.281. The van der Waals surface area contributed by atoms with Crippen molar-refractivity contribution in [3.05, 3.63) is 118 Å². The van der Waals surface area contributed by atoms with E-state index in [4.69, 9.17) is 19.3 Å². The van der Waals surface area contributed by atoms with E-state index >= 15 is 0 Å². The summed E-state index contributed by atoms with van der Waals surface area (Å²) in [5, 5.41) is 4.88. The van der Waals surface area contributed by atoms with Crippen LogP contribution in [-0.2, 0) is 17.9 Å². The molecule has 0 saturated heterocycles. The van der Waals surface area contributed by atoms with Crippen LogP contribution in [0, 0.1) is 6.92 Å². The Morgan fingerprint density at radius 3 is 2.42 bits per heavy atom. The van der Waals surface area contributed by atoms with Crippen LogP contribution in [0.5, 0.6) is 17.4 Å². The number of aromatic nitrogens is 2. The smallest absolute Gasteiger partial charge is 0.222 e. The zero-order chi connectivity index (χ0) is 26.1. The van der Waals surface area contributed by atoms with E-state index < -0.39 is 0 Å². The first-order valence-electron chi connectivity index (χ1n) is 13.0. The molecule has 1 atom stereocenters. The zero-order valence-corrected chi connectivity index (χ0v) is 21.6. The van der Waals surface area contributed by atoms with Crippen molar-refractivity contribution < 1.29 is 19.0 Å². The number of aryl methyl sites for hydroxylation is 1. The van der Waals surface area contributed by atoms with Gasteiger partial charge in [-0.25, -0.2) is 4.68 Å². The van der Waals surface area contributed by atoms with Gasteiger partial charge in [0.15, 0.2) is 17.3 Å². The van der Waals surface area contributed by atoms with Crippen molar-refractivity contribution in [2.75, 3.05) is 7.11 Å². The maximum Gasteiger partial charge on any atom is 0.222 e. The first-order valence-corrected chi connectivity index (χ1v) is 13.0. The number of Topliss-reactive ketones (excluding diaryl/α,β-unsaturated/α-hetero) is 1. The summed E-state index contributed by atoms with van der Waals surface area (Å²) in [6, 6.07) is 26.2. The monoisotopic (exact) mass is 506 g/mol. The summed E-state index contributed by atoms with van der Waals surface area (Å²) in [7, 11) is 1.64. The van der Waals surface area contributed by atoms with Gasteiger partial charge < -0.3 is 14.2 Å². The Kier molecular flexibility index (Phi) is 6.46. The minimum Gasteiger partial charge on any atom is -0.493 e. The van der Waals surface area contributed by atoms with Gasteiger partial charge in [-0.2, -0.15) is 5.10 Å². The number of methoxy groups -OCH3 is 1. The van der Waals surface area contributed by atoms with Gasteiger partial charge in [0.05, 0.1) is 19.3 Å². The molecule has 0 spiro atoms. The molecule has 6 nitrogen and oxygen atoms in total. The topological polar surface area (TPSA) is 62.6 Å². The number of ketones is 1. The first kappa shape index (κ1) is 24.0. The van der Waals surface area contributed by atoms with Crippen LogP contribution in [0.25, 0.3) is 0 Å². The second-order valence-corrected chi connectivity index (χ2v) is 9.78. The molecule has 2 heterocycles. The Morgan fingerprint density at radius 2 is 1.68 bits per heavy atom. The Hall–Kier alpha value is -4.32. The van der Waals surface area contributed by atoms with Crippen LogP contribution in [0.2, 0.25) is 0 Å². The molecule has 38 heavy (non-hydrogen) atoms. The number of hydrogen-bond donors (Lipinski definition) is 0. The maximum atomic E-state index is 13.3. The highest BCUT2D eigenvalue weighted by atomic mass is 16.5. The highest BCUT2D eigenvalue weighted by Gasteiger charge is 2.40.